The Kier molecular flexibility index (Phi) is 6.14. The first-order chi connectivity index (χ1) is 15.4. The maximum atomic E-state index is 12.9. The number of hydrogen-bond donors (Lipinski definition) is 1. The number of likely N-dealkylation sites (N-methyl/N-ethyl adjacent to an activating group) is 2. The molecule has 1 aromatic heterocycles. The summed E-state index contributed by atoms with van der Waals surface area (Å²) in [7, 11) is 7.04. The molecule has 4 rings (SSSR count). The zero-order chi connectivity index (χ0) is 22.8. The number of aromatic amines is 1. The number of anilines is 1. The molecule has 0 fully saturated rings. The molecular weight excluding hydrogens is 406 g/mol. The third-order valence-electron chi connectivity index (χ3n) is 5.96. The lowest BCUT2D eigenvalue weighted by atomic mass is 10.1. The molecule has 8 nitrogen and oxygen atoms in total. The van der Waals surface area contributed by atoms with E-state index in [1.165, 1.54) is 7.11 Å². The number of hydrogen-bond acceptors (Lipinski definition) is 6. The Balaban J connectivity index is 1.51. The minimum atomic E-state index is -0.574. The van der Waals surface area contributed by atoms with Crippen molar-refractivity contribution in [1.82, 2.24) is 19.8 Å². The van der Waals surface area contributed by atoms with Gasteiger partial charge >= 0.3 is 5.97 Å². The van der Waals surface area contributed by atoms with Gasteiger partial charge in [-0.05, 0) is 36.4 Å². The zero-order valence-electron chi connectivity index (χ0n) is 19.0. The number of nitrogens with one attached hydrogen (secondary N) is 1. The number of H-pyrrole nitrogens is 1. The van der Waals surface area contributed by atoms with Gasteiger partial charge in [0.05, 0.1) is 31.1 Å². The second-order valence-corrected chi connectivity index (χ2v) is 8.44. The van der Waals surface area contributed by atoms with E-state index in [9.17, 15) is 9.59 Å². The first kappa shape index (κ1) is 21.8. The van der Waals surface area contributed by atoms with Gasteiger partial charge in [-0.1, -0.05) is 24.3 Å². The number of imidazole rings is 1. The third-order valence-corrected chi connectivity index (χ3v) is 5.96. The fourth-order valence-corrected chi connectivity index (χ4v) is 4.30. The van der Waals surface area contributed by atoms with Gasteiger partial charge in [0.1, 0.15) is 11.9 Å². The second-order valence-electron chi connectivity index (χ2n) is 8.44. The molecule has 0 radical (unpaired) electrons. The lowest BCUT2D eigenvalue weighted by Gasteiger charge is -2.28. The standard InChI is InChI=1S/C24H29N5O3/c1-27(15-22-25-18-7-5-6-8-19(18)26-22)13-16-9-10-20-17(11-16)14-28(2)24(31)21(29(20)3)12-23(30)32-4/h5-11,21H,12-15H2,1-4H3,(H,25,26). The van der Waals surface area contributed by atoms with Crippen LogP contribution in [0, 0.1) is 0 Å². The van der Waals surface area contributed by atoms with Crippen molar-refractivity contribution in [1.29, 1.82) is 0 Å². The molecule has 8 heteroatoms. The molecule has 0 saturated carbocycles. The predicted octanol–water partition coefficient (Wildman–Crippen LogP) is 2.53. The van der Waals surface area contributed by atoms with Gasteiger partial charge in [0, 0.05) is 32.9 Å². The van der Waals surface area contributed by atoms with Crippen LogP contribution in [0.1, 0.15) is 23.4 Å². The maximum absolute atomic E-state index is 12.9. The van der Waals surface area contributed by atoms with E-state index >= 15 is 0 Å². The van der Waals surface area contributed by atoms with Crippen LogP contribution in [0.3, 0.4) is 0 Å². The van der Waals surface area contributed by atoms with Crippen LogP contribution in [0.4, 0.5) is 5.69 Å². The van der Waals surface area contributed by atoms with Crippen molar-refractivity contribution >= 4 is 28.6 Å². The number of carbonyl (C=O) groups is 2. The molecule has 32 heavy (non-hydrogen) atoms. The topological polar surface area (TPSA) is 81.8 Å². The second kappa shape index (κ2) is 9.00. The number of benzene rings is 2. The van der Waals surface area contributed by atoms with Crippen molar-refractivity contribution in [2.45, 2.75) is 32.1 Å². The van der Waals surface area contributed by atoms with Crippen LogP contribution in [0.25, 0.3) is 11.0 Å². The number of esters is 1. The van der Waals surface area contributed by atoms with E-state index in [4.69, 9.17) is 4.74 Å². The first-order valence-corrected chi connectivity index (χ1v) is 10.6. The number of methoxy groups -OCH3 is 1. The smallest absolute Gasteiger partial charge is 0.308 e. The summed E-state index contributed by atoms with van der Waals surface area (Å²) in [6.07, 6.45) is 0.0254. The molecule has 0 aliphatic carbocycles. The molecule has 1 aliphatic heterocycles. The fourth-order valence-electron chi connectivity index (χ4n) is 4.30. The molecule has 1 atom stereocenters. The van der Waals surface area contributed by atoms with Crippen LogP contribution >= 0.6 is 0 Å². The SMILES string of the molecule is COC(=O)CC1C(=O)N(C)Cc2cc(CN(C)Cc3nc4ccccc4[nH]3)ccc2N1C. The summed E-state index contributed by atoms with van der Waals surface area (Å²) >= 11 is 0. The molecule has 0 bridgehead atoms. The van der Waals surface area contributed by atoms with E-state index in [2.05, 4.69) is 34.0 Å². The summed E-state index contributed by atoms with van der Waals surface area (Å²) in [6.45, 7) is 1.94. The summed E-state index contributed by atoms with van der Waals surface area (Å²) in [5.41, 5.74) is 5.19. The van der Waals surface area contributed by atoms with Gasteiger partial charge in [-0.15, -0.1) is 0 Å². The Hall–Kier alpha value is -3.39. The minimum Gasteiger partial charge on any atom is -0.469 e. The average Bonchev–Trinajstić information content (AvgIpc) is 3.15. The number of para-hydroxylation sites is 2. The molecule has 2 aromatic carbocycles. The van der Waals surface area contributed by atoms with Crippen LogP contribution in [-0.4, -0.2) is 65.9 Å². The van der Waals surface area contributed by atoms with Gasteiger partial charge in [0.15, 0.2) is 0 Å². The highest BCUT2D eigenvalue weighted by molar-refractivity contribution is 5.90. The molecule has 2 heterocycles. The number of carbonyl (C=O) groups excluding carboxylic acids is 2. The quantitative estimate of drug-likeness (QED) is 0.600. The molecule has 1 unspecified atom stereocenters. The molecule has 0 saturated heterocycles. The number of rotatable bonds is 6. The monoisotopic (exact) mass is 435 g/mol. The van der Waals surface area contributed by atoms with Crippen molar-refractivity contribution in [3.8, 4) is 0 Å². The van der Waals surface area contributed by atoms with E-state index in [0.717, 1.165) is 40.2 Å². The van der Waals surface area contributed by atoms with E-state index < -0.39 is 12.0 Å². The lowest BCUT2D eigenvalue weighted by Crippen LogP contribution is -2.45. The Bertz CT molecular complexity index is 1110. The average molecular weight is 436 g/mol. The lowest BCUT2D eigenvalue weighted by molar-refractivity contribution is -0.144. The van der Waals surface area contributed by atoms with Crippen LogP contribution in [0.2, 0.25) is 0 Å². The van der Waals surface area contributed by atoms with Gasteiger partial charge in [-0.2, -0.15) is 0 Å². The normalized spacial score (nSPS) is 16.4. The van der Waals surface area contributed by atoms with Crippen LogP contribution < -0.4 is 4.90 Å². The van der Waals surface area contributed by atoms with Crippen molar-refractivity contribution in [2.24, 2.45) is 0 Å². The highest BCUT2D eigenvalue weighted by Gasteiger charge is 2.33. The van der Waals surface area contributed by atoms with Crippen LogP contribution in [0.5, 0.6) is 0 Å². The Morgan fingerprint density at radius 1 is 1.22 bits per heavy atom. The third kappa shape index (κ3) is 4.45. The van der Waals surface area contributed by atoms with E-state index in [-0.39, 0.29) is 12.3 Å². The largest absolute Gasteiger partial charge is 0.469 e. The van der Waals surface area contributed by atoms with Gasteiger partial charge in [0.2, 0.25) is 5.91 Å². The van der Waals surface area contributed by atoms with Crippen molar-refractivity contribution in [3.63, 3.8) is 0 Å². The van der Waals surface area contributed by atoms with E-state index in [1.54, 1.807) is 11.9 Å². The van der Waals surface area contributed by atoms with Crippen molar-refractivity contribution < 1.29 is 14.3 Å². The van der Waals surface area contributed by atoms with Gasteiger partial charge in [0.25, 0.3) is 0 Å². The summed E-state index contributed by atoms with van der Waals surface area (Å²) in [5.74, 6) is 0.452. The highest BCUT2D eigenvalue weighted by Crippen LogP contribution is 2.29. The molecular formula is C24H29N5O3. The molecule has 1 aliphatic rings. The van der Waals surface area contributed by atoms with E-state index in [0.29, 0.717) is 13.1 Å². The Labute approximate surface area is 187 Å². The summed E-state index contributed by atoms with van der Waals surface area (Å²) in [6, 6.07) is 13.7. The molecule has 168 valence electrons. The zero-order valence-corrected chi connectivity index (χ0v) is 19.0. The van der Waals surface area contributed by atoms with Crippen molar-refractivity contribution in [2.75, 3.05) is 33.2 Å². The van der Waals surface area contributed by atoms with Gasteiger partial charge in [-0.3, -0.25) is 14.5 Å². The minimum absolute atomic E-state index is 0.0254. The molecule has 1 N–H and O–H groups in total. The van der Waals surface area contributed by atoms with Gasteiger partial charge in [-0.25, -0.2) is 4.98 Å². The Morgan fingerprint density at radius 3 is 2.75 bits per heavy atom. The fraction of sp³-hybridized carbons (Fsp3) is 0.375. The number of nitrogens with zero attached hydrogens (tertiary/aromatic N) is 4. The molecule has 0 spiro atoms. The van der Waals surface area contributed by atoms with Gasteiger partial charge < -0.3 is 19.5 Å². The maximum Gasteiger partial charge on any atom is 0.308 e. The highest BCUT2D eigenvalue weighted by atomic mass is 16.5. The summed E-state index contributed by atoms with van der Waals surface area (Å²) in [4.78, 5) is 38.5. The number of aromatic nitrogens is 2. The summed E-state index contributed by atoms with van der Waals surface area (Å²) < 4.78 is 4.80. The van der Waals surface area contributed by atoms with Crippen molar-refractivity contribution in [3.05, 3.63) is 59.4 Å². The predicted molar refractivity (Wildman–Crippen MR) is 123 cm³/mol. The number of ether oxygens (including phenoxy) is 1. The Morgan fingerprint density at radius 2 is 2.00 bits per heavy atom. The summed E-state index contributed by atoms with van der Waals surface area (Å²) in [5, 5.41) is 0. The molecule has 3 aromatic rings. The van der Waals surface area contributed by atoms with Crippen LogP contribution in [0.15, 0.2) is 42.5 Å². The number of fused-ring (bicyclic) bond motifs is 2. The number of amides is 1. The van der Waals surface area contributed by atoms with E-state index in [1.807, 2.05) is 42.3 Å². The first-order valence-electron chi connectivity index (χ1n) is 10.6. The van der Waals surface area contributed by atoms with Crippen LogP contribution in [-0.2, 0) is 34.0 Å². The molecule has 1 amide bonds.